The number of aromatic amines is 1. The van der Waals surface area contributed by atoms with Crippen molar-refractivity contribution in [3.8, 4) is 0 Å². The van der Waals surface area contributed by atoms with Crippen LogP contribution in [0.4, 0.5) is 5.69 Å². The third-order valence-corrected chi connectivity index (χ3v) is 7.17. The van der Waals surface area contributed by atoms with Gasteiger partial charge in [0, 0.05) is 29.2 Å². The molecule has 4 aromatic rings. The van der Waals surface area contributed by atoms with Crippen LogP contribution in [0.3, 0.4) is 0 Å². The minimum Gasteiger partial charge on any atom is -0.454 e. The molecule has 0 saturated carbocycles. The number of aromatic nitrogens is 1. The third kappa shape index (κ3) is 4.38. The Bertz CT molecular complexity index is 1420. The first-order valence-corrected chi connectivity index (χ1v) is 11.6. The molecule has 0 fully saturated rings. The Kier molecular flexibility index (Phi) is 6.02. The summed E-state index contributed by atoms with van der Waals surface area (Å²) in [6, 6.07) is 21.5. The molecule has 0 amide bonds. The molecule has 0 aliphatic rings. The number of ketones is 1. The second-order valence-electron chi connectivity index (χ2n) is 7.50. The highest BCUT2D eigenvalue weighted by atomic mass is 32.2. The number of sulfonamides is 1. The first-order chi connectivity index (χ1) is 15.8. The minimum atomic E-state index is -3.79. The summed E-state index contributed by atoms with van der Waals surface area (Å²) in [5, 5.41) is 0.771. The Labute approximate surface area is 191 Å². The minimum absolute atomic E-state index is 0.0379. The molecule has 4 rings (SSSR count). The topological polar surface area (TPSA) is 96.5 Å². The van der Waals surface area contributed by atoms with Crippen molar-refractivity contribution < 1.29 is 22.7 Å². The van der Waals surface area contributed by atoms with E-state index in [1.165, 1.54) is 35.6 Å². The number of nitrogens with one attached hydrogen (secondary N) is 1. The van der Waals surface area contributed by atoms with Gasteiger partial charge in [0.1, 0.15) is 0 Å². The van der Waals surface area contributed by atoms with E-state index < -0.39 is 22.6 Å². The van der Waals surface area contributed by atoms with Crippen LogP contribution in [0.1, 0.15) is 26.4 Å². The zero-order chi connectivity index (χ0) is 23.6. The van der Waals surface area contributed by atoms with Crippen molar-refractivity contribution in [3.63, 3.8) is 0 Å². The Morgan fingerprint density at radius 2 is 1.55 bits per heavy atom. The van der Waals surface area contributed by atoms with Crippen molar-refractivity contribution in [3.05, 3.63) is 95.7 Å². The number of benzene rings is 3. The Balaban J connectivity index is 1.45. The van der Waals surface area contributed by atoms with E-state index in [4.69, 9.17) is 4.74 Å². The van der Waals surface area contributed by atoms with Gasteiger partial charge in [-0.2, -0.15) is 0 Å². The molecule has 1 heterocycles. The van der Waals surface area contributed by atoms with Crippen LogP contribution in [0.5, 0.6) is 0 Å². The van der Waals surface area contributed by atoms with Crippen LogP contribution in [0.2, 0.25) is 0 Å². The van der Waals surface area contributed by atoms with Crippen LogP contribution in [0, 0.1) is 6.92 Å². The fourth-order valence-electron chi connectivity index (χ4n) is 3.62. The van der Waals surface area contributed by atoms with Gasteiger partial charge in [0.05, 0.1) is 16.1 Å². The number of nitrogens with zero attached hydrogens (tertiary/aromatic N) is 1. The first-order valence-electron chi connectivity index (χ1n) is 10.2. The molecule has 0 radical (unpaired) electrons. The van der Waals surface area contributed by atoms with E-state index in [1.807, 2.05) is 24.3 Å². The third-order valence-electron chi connectivity index (χ3n) is 5.37. The smallest absolute Gasteiger partial charge is 0.338 e. The maximum Gasteiger partial charge on any atom is 0.338 e. The molecule has 33 heavy (non-hydrogen) atoms. The number of hydrogen-bond donors (Lipinski definition) is 1. The fraction of sp³-hybridized carbons (Fsp3) is 0.120. The number of Topliss-reactive ketones (excluding diaryl/α,β-unsaturated/α-hetero) is 1. The number of aryl methyl sites for hydroxylation is 1. The number of rotatable bonds is 7. The lowest BCUT2D eigenvalue weighted by atomic mass is 10.1. The number of carbonyl (C=O) groups excluding carboxylic acids is 2. The van der Waals surface area contributed by atoms with E-state index >= 15 is 0 Å². The van der Waals surface area contributed by atoms with Crippen molar-refractivity contribution >= 4 is 38.4 Å². The molecule has 0 aliphatic carbocycles. The summed E-state index contributed by atoms with van der Waals surface area (Å²) in [5.41, 5.74) is 2.70. The van der Waals surface area contributed by atoms with Gasteiger partial charge in [0.2, 0.25) is 5.78 Å². The van der Waals surface area contributed by atoms with Crippen LogP contribution in [0.25, 0.3) is 10.9 Å². The summed E-state index contributed by atoms with van der Waals surface area (Å²) in [6.45, 7) is 1.37. The Hall–Kier alpha value is -3.91. The molecule has 3 aromatic carbocycles. The van der Waals surface area contributed by atoms with Gasteiger partial charge in [0.15, 0.2) is 6.61 Å². The summed E-state index contributed by atoms with van der Waals surface area (Å²) >= 11 is 0. The van der Waals surface area contributed by atoms with Crippen LogP contribution >= 0.6 is 0 Å². The lowest BCUT2D eigenvalue weighted by molar-refractivity contribution is 0.0475. The lowest BCUT2D eigenvalue weighted by Crippen LogP contribution is -2.26. The molecular formula is C25H22N2O5S. The number of para-hydroxylation sites is 2. The Morgan fingerprint density at radius 3 is 2.24 bits per heavy atom. The van der Waals surface area contributed by atoms with E-state index in [9.17, 15) is 18.0 Å². The van der Waals surface area contributed by atoms with Gasteiger partial charge in [-0.1, -0.05) is 36.4 Å². The van der Waals surface area contributed by atoms with Gasteiger partial charge < -0.3 is 9.72 Å². The van der Waals surface area contributed by atoms with Crippen LogP contribution in [0.15, 0.2) is 83.8 Å². The van der Waals surface area contributed by atoms with E-state index in [2.05, 4.69) is 4.98 Å². The molecule has 1 aromatic heterocycles. The van der Waals surface area contributed by atoms with Gasteiger partial charge in [-0.3, -0.25) is 9.10 Å². The summed E-state index contributed by atoms with van der Waals surface area (Å²) in [4.78, 5) is 28.3. The molecule has 0 saturated heterocycles. The highest BCUT2D eigenvalue weighted by Gasteiger charge is 2.22. The molecule has 0 unspecified atom stereocenters. The number of anilines is 1. The molecule has 168 valence electrons. The number of carbonyl (C=O) groups is 2. The normalized spacial score (nSPS) is 11.3. The van der Waals surface area contributed by atoms with Gasteiger partial charge in [-0.05, 0) is 49.4 Å². The monoisotopic (exact) mass is 462 g/mol. The molecule has 0 atom stereocenters. The molecule has 0 spiro atoms. The summed E-state index contributed by atoms with van der Waals surface area (Å²) < 4.78 is 32.1. The fourth-order valence-corrected chi connectivity index (χ4v) is 4.82. The highest BCUT2D eigenvalue weighted by Crippen LogP contribution is 2.24. The highest BCUT2D eigenvalue weighted by molar-refractivity contribution is 7.92. The molecule has 0 bridgehead atoms. The van der Waals surface area contributed by atoms with Gasteiger partial charge in [-0.15, -0.1) is 0 Å². The van der Waals surface area contributed by atoms with E-state index in [1.54, 1.807) is 37.3 Å². The van der Waals surface area contributed by atoms with Crippen molar-refractivity contribution in [1.82, 2.24) is 4.98 Å². The number of hydrogen-bond acceptors (Lipinski definition) is 5. The summed E-state index contributed by atoms with van der Waals surface area (Å²) in [6.07, 6.45) is 0. The van der Waals surface area contributed by atoms with Crippen molar-refractivity contribution in [2.75, 3.05) is 18.0 Å². The number of fused-ring (bicyclic) bond motifs is 1. The van der Waals surface area contributed by atoms with Crippen LogP contribution in [-0.2, 0) is 14.8 Å². The van der Waals surface area contributed by atoms with Crippen molar-refractivity contribution in [2.24, 2.45) is 0 Å². The van der Waals surface area contributed by atoms with E-state index in [-0.39, 0.29) is 16.2 Å². The molecule has 8 heteroatoms. The predicted molar refractivity (Wildman–Crippen MR) is 126 cm³/mol. The maximum absolute atomic E-state index is 12.9. The second-order valence-corrected chi connectivity index (χ2v) is 9.47. The van der Waals surface area contributed by atoms with Crippen LogP contribution in [-0.4, -0.2) is 38.8 Å². The van der Waals surface area contributed by atoms with Crippen LogP contribution < -0.4 is 4.31 Å². The lowest BCUT2D eigenvalue weighted by Gasteiger charge is -2.19. The van der Waals surface area contributed by atoms with Gasteiger partial charge in [0.25, 0.3) is 10.0 Å². The maximum atomic E-state index is 12.9. The molecule has 7 nitrogen and oxygen atoms in total. The van der Waals surface area contributed by atoms with Crippen molar-refractivity contribution in [2.45, 2.75) is 11.8 Å². The zero-order valence-electron chi connectivity index (χ0n) is 18.1. The SMILES string of the molecule is Cc1[nH]c2ccccc2c1C(=O)COC(=O)c1ccc(S(=O)(=O)N(C)c2ccccc2)cc1. The molecule has 0 aliphatic heterocycles. The van der Waals surface area contributed by atoms with E-state index in [0.717, 1.165) is 10.9 Å². The number of esters is 1. The van der Waals surface area contributed by atoms with Gasteiger partial charge >= 0.3 is 5.97 Å². The average Bonchev–Trinajstić information content (AvgIpc) is 3.18. The molecular weight excluding hydrogens is 440 g/mol. The zero-order valence-corrected chi connectivity index (χ0v) is 18.9. The standard InChI is InChI=1S/C25H22N2O5S/c1-17-24(21-10-6-7-11-22(21)26-17)23(28)16-32-25(29)18-12-14-20(15-13-18)33(30,31)27(2)19-8-4-3-5-9-19/h3-15,26H,16H2,1-2H3. The summed E-state index contributed by atoms with van der Waals surface area (Å²) in [7, 11) is -2.33. The second kappa shape index (κ2) is 8.91. The Morgan fingerprint density at radius 1 is 0.909 bits per heavy atom. The largest absolute Gasteiger partial charge is 0.454 e. The predicted octanol–water partition coefficient (Wildman–Crippen LogP) is 4.34. The van der Waals surface area contributed by atoms with Crippen molar-refractivity contribution in [1.29, 1.82) is 0 Å². The number of H-pyrrole nitrogens is 1. The number of ether oxygens (including phenoxy) is 1. The molecule has 1 N–H and O–H groups in total. The summed E-state index contributed by atoms with van der Waals surface area (Å²) in [5.74, 6) is -1.02. The van der Waals surface area contributed by atoms with E-state index in [0.29, 0.717) is 16.9 Å². The average molecular weight is 463 g/mol. The quantitative estimate of drug-likeness (QED) is 0.326. The first kappa shape index (κ1) is 22.3. The van der Waals surface area contributed by atoms with Gasteiger partial charge in [-0.25, -0.2) is 13.2 Å².